The number of quaternary nitrogens is 1. The number of hydrogen-bond acceptors (Lipinski definition) is 4. The van der Waals surface area contributed by atoms with Gasteiger partial charge in [0.15, 0.2) is 0 Å². The van der Waals surface area contributed by atoms with Crippen molar-refractivity contribution in [2.75, 3.05) is 36.4 Å². The summed E-state index contributed by atoms with van der Waals surface area (Å²) >= 11 is 1.55. The van der Waals surface area contributed by atoms with E-state index in [1.54, 1.807) is 11.3 Å². The molecule has 4 rings (SSSR count). The molecular formula is C23H26FN4OS+. The topological polar surface area (TPSA) is 49.7 Å². The van der Waals surface area contributed by atoms with Crippen LogP contribution >= 0.6 is 11.3 Å². The lowest BCUT2D eigenvalue weighted by Crippen LogP contribution is -3.13. The van der Waals surface area contributed by atoms with E-state index in [1.807, 2.05) is 43.3 Å². The normalized spacial score (nSPS) is 14.7. The minimum Gasteiger partial charge on any atom is -0.360 e. The van der Waals surface area contributed by atoms with Gasteiger partial charge in [0.2, 0.25) is 5.91 Å². The van der Waals surface area contributed by atoms with Crippen molar-refractivity contribution in [1.29, 1.82) is 0 Å². The van der Waals surface area contributed by atoms with Gasteiger partial charge in [0.25, 0.3) is 0 Å². The molecule has 1 aromatic heterocycles. The highest BCUT2D eigenvalue weighted by Gasteiger charge is 2.21. The molecule has 0 spiro atoms. The second-order valence-electron chi connectivity index (χ2n) is 7.71. The summed E-state index contributed by atoms with van der Waals surface area (Å²) in [6.45, 7) is 6.80. The average molecular weight is 426 g/mol. The van der Waals surface area contributed by atoms with Gasteiger partial charge in [0.05, 0.1) is 32.6 Å². The van der Waals surface area contributed by atoms with Crippen molar-refractivity contribution in [3.63, 3.8) is 0 Å². The molecule has 1 aliphatic heterocycles. The summed E-state index contributed by atoms with van der Waals surface area (Å²) in [6.07, 6.45) is 0.298. The lowest BCUT2D eigenvalue weighted by atomic mass is 10.2. The van der Waals surface area contributed by atoms with Crippen molar-refractivity contribution in [3.8, 4) is 0 Å². The van der Waals surface area contributed by atoms with Crippen molar-refractivity contribution >= 4 is 28.6 Å². The maximum absolute atomic E-state index is 13.1. The summed E-state index contributed by atoms with van der Waals surface area (Å²) in [7, 11) is 0. The lowest BCUT2D eigenvalue weighted by molar-refractivity contribution is -0.914. The van der Waals surface area contributed by atoms with Crippen LogP contribution < -0.4 is 15.1 Å². The van der Waals surface area contributed by atoms with Gasteiger partial charge in [-0.25, -0.2) is 9.37 Å². The van der Waals surface area contributed by atoms with Crippen LogP contribution in [0.3, 0.4) is 0 Å². The van der Waals surface area contributed by atoms with E-state index < -0.39 is 0 Å². The van der Waals surface area contributed by atoms with E-state index in [1.165, 1.54) is 22.6 Å². The molecule has 0 aliphatic carbocycles. The SMILES string of the molecule is Cc1ccc(NC(=O)Cc2nc(C[NH+]3CCN(c4ccc(F)cc4)CC3)cs2)cc1. The first-order chi connectivity index (χ1) is 14.5. The molecule has 7 heteroatoms. The smallest absolute Gasteiger partial charge is 0.231 e. The Labute approximate surface area is 180 Å². The van der Waals surface area contributed by atoms with Gasteiger partial charge < -0.3 is 15.1 Å². The quantitative estimate of drug-likeness (QED) is 0.639. The highest BCUT2D eigenvalue weighted by atomic mass is 32.1. The number of nitrogens with zero attached hydrogens (tertiary/aromatic N) is 2. The van der Waals surface area contributed by atoms with Crippen molar-refractivity contribution in [1.82, 2.24) is 4.98 Å². The molecule has 0 unspecified atom stereocenters. The van der Waals surface area contributed by atoms with E-state index in [4.69, 9.17) is 0 Å². The largest absolute Gasteiger partial charge is 0.360 e. The number of hydrogen-bond donors (Lipinski definition) is 2. The Balaban J connectivity index is 1.25. The Kier molecular flexibility index (Phi) is 6.40. The van der Waals surface area contributed by atoms with Gasteiger partial charge in [-0.15, -0.1) is 11.3 Å². The highest BCUT2D eigenvalue weighted by molar-refractivity contribution is 7.09. The first kappa shape index (κ1) is 20.5. The molecule has 1 amide bonds. The average Bonchev–Trinajstić information content (AvgIpc) is 3.17. The Morgan fingerprint density at radius 2 is 1.83 bits per heavy atom. The number of benzene rings is 2. The van der Waals surface area contributed by atoms with Crippen molar-refractivity contribution in [3.05, 3.63) is 76.0 Å². The number of aryl methyl sites for hydroxylation is 1. The molecule has 0 radical (unpaired) electrons. The van der Waals surface area contributed by atoms with Gasteiger partial charge in [0, 0.05) is 16.8 Å². The summed E-state index contributed by atoms with van der Waals surface area (Å²) in [5.74, 6) is -0.241. The maximum Gasteiger partial charge on any atom is 0.231 e. The first-order valence-corrected chi connectivity index (χ1v) is 11.1. The molecule has 1 fully saturated rings. The molecule has 0 atom stereocenters. The number of nitrogens with one attached hydrogen (secondary N) is 2. The minimum atomic E-state index is -0.199. The first-order valence-electron chi connectivity index (χ1n) is 10.2. The maximum atomic E-state index is 13.1. The molecule has 2 heterocycles. The van der Waals surface area contributed by atoms with Crippen LogP contribution in [0.15, 0.2) is 53.9 Å². The Morgan fingerprint density at radius 3 is 2.53 bits per heavy atom. The van der Waals surface area contributed by atoms with Crippen molar-refractivity contribution < 1.29 is 14.1 Å². The fraction of sp³-hybridized carbons (Fsp3) is 0.304. The van der Waals surface area contributed by atoms with E-state index in [9.17, 15) is 9.18 Å². The van der Waals surface area contributed by atoms with Crippen LogP contribution in [0.25, 0.3) is 0 Å². The minimum absolute atomic E-state index is 0.0417. The molecule has 5 nitrogen and oxygen atoms in total. The Morgan fingerprint density at radius 1 is 1.13 bits per heavy atom. The zero-order valence-electron chi connectivity index (χ0n) is 17.0. The van der Waals surface area contributed by atoms with Gasteiger partial charge in [0.1, 0.15) is 23.1 Å². The summed E-state index contributed by atoms with van der Waals surface area (Å²) < 4.78 is 13.1. The fourth-order valence-corrected chi connectivity index (χ4v) is 4.45. The molecule has 1 saturated heterocycles. The van der Waals surface area contributed by atoms with E-state index >= 15 is 0 Å². The number of thiazole rings is 1. The molecule has 3 aromatic rings. The second-order valence-corrected chi connectivity index (χ2v) is 8.66. The van der Waals surface area contributed by atoms with Crippen LogP contribution in [-0.4, -0.2) is 37.1 Å². The van der Waals surface area contributed by atoms with Gasteiger partial charge in [-0.3, -0.25) is 4.79 Å². The summed E-state index contributed by atoms with van der Waals surface area (Å²) in [4.78, 5) is 20.7. The number of carbonyl (C=O) groups excluding carboxylic acids is 1. The summed E-state index contributed by atoms with van der Waals surface area (Å²) in [6, 6.07) is 14.5. The number of halogens is 1. The summed E-state index contributed by atoms with van der Waals surface area (Å²) in [5, 5.41) is 5.84. The van der Waals surface area contributed by atoms with E-state index in [0.29, 0.717) is 6.42 Å². The zero-order valence-corrected chi connectivity index (χ0v) is 17.8. The molecule has 0 saturated carbocycles. The van der Waals surface area contributed by atoms with Crippen LogP contribution in [0.4, 0.5) is 15.8 Å². The second kappa shape index (κ2) is 9.36. The number of piperazine rings is 1. The third-order valence-electron chi connectivity index (χ3n) is 5.34. The third kappa shape index (κ3) is 5.43. The number of anilines is 2. The molecule has 0 bridgehead atoms. The van der Waals surface area contributed by atoms with Crippen molar-refractivity contribution in [2.24, 2.45) is 0 Å². The van der Waals surface area contributed by atoms with Crippen LogP contribution in [-0.2, 0) is 17.8 Å². The molecular weight excluding hydrogens is 399 g/mol. The fourth-order valence-electron chi connectivity index (χ4n) is 3.66. The molecule has 1 aliphatic rings. The van der Waals surface area contributed by atoms with Crippen molar-refractivity contribution in [2.45, 2.75) is 19.9 Å². The molecule has 2 aromatic carbocycles. The lowest BCUT2D eigenvalue weighted by Gasteiger charge is -2.33. The van der Waals surface area contributed by atoms with Gasteiger partial charge in [-0.1, -0.05) is 17.7 Å². The van der Waals surface area contributed by atoms with Crippen LogP contribution in [0, 0.1) is 12.7 Å². The zero-order chi connectivity index (χ0) is 20.9. The number of aromatic nitrogens is 1. The van der Waals surface area contributed by atoms with Gasteiger partial charge >= 0.3 is 0 Å². The third-order valence-corrected chi connectivity index (χ3v) is 6.24. The Hall–Kier alpha value is -2.77. The monoisotopic (exact) mass is 425 g/mol. The number of rotatable bonds is 6. The Bertz CT molecular complexity index is 979. The number of carbonyl (C=O) groups is 1. The number of amides is 1. The van der Waals surface area contributed by atoms with Crippen LogP contribution in [0.2, 0.25) is 0 Å². The van der Waals surface area contributed by atoms with E-state index in [-0.39, 0.29) is 11.7 Å². The summed E-state index contributed by atoms with van der Waals surface area (Å²) in [5.41, 5.74) is 4.10. The van der Waals surface area contributed by atoms with Gasteiger partial charge in [-0.2, -0.15) is 0 Å². The van der Waals surface area contributed by atoms with E-state index in [2.05, 4.69) is 20.6 Å². The van der Waals surface area contributed by atoms with Gasteiger partial charge in [-0.05, 0) is 43.3 Å². The molecule has 30 heavy (non-hydrogen) atoms. The molecule has 2 N–H and O–H groups in total. The van der Waals surface area contributed by atoms with E-state index in [0.717, 1.165) is 54.8 Å². The predicted octanol–water partition coefficient (Wildman–Crippen LogP) is 2.68. The molecule has 156 valence electrons. The predicted molar refractivity (Wildman–Crippen MR) is 119 cm³/mol. The van der Waals surface area contributed by atoms with Crippen LogP contribution in [0.1, 0.15) is 16.3 Å². The highest BCUT2D eigenvalue weighted by Crippen LogP contribution is 2.15. The standard InChI is InChI=1S/C23H25FN4OS/c1-17-2-6-19(7-3-17)25-22(29)14-23-26-20(16-30-23)15-27-10-12-28(13-11-27)21-8-4-18(24)5-9-21/h2-9,16H,10-15H2,1H3,(H,25,29)/p+1. The van der Waals surface area contributed by atoms with Crippen LogP contribution in [0.5, 0.6) is 0 Å².